The number of rotatable bonds is 5. The van der Waals surface area contributed by atoms with Crippen LogP contribution in [0.5, 0.6) is 0 Å². The number of hydrogen-bond acceptors (Lipinski definition) is 4. The topological polar surface area (TPSA) is 38.9 Å². The molecule has 23 heavy (non-hydrogen) atoms. The molecule has 0 saturated heterocycles. The minimum absolute atomic E-state index is 0.229. The SMILES string of the molecule is Cc1ccc(Cc2nnc(SCc3ccc(F)cc3)o2)cc1C. The van der Waals surface area contributed by atoms with Crippen LogP contribution < -0.4 is 0 Å². The first-order chi connectivity index (χ1) is 11.1. The first kappa shape index (κ1) is 15.7. The minimum Gasteiger partial charge on any atom is -0.416 e. The van der Waals surface area contributed by atoms with Gasteiger partial charge >= 0.3 is 0 Å². The molecule has 0 bridgehead atoms. The van der Waals surface area contributed by atoms with E-state index in [1.807, 2.05) is 0 Å². The number of aryl methyl sites for hydroxylation is 2. The number of aromatic nitrogens is 2. The largest absolute Gasteiger partial charge is 0.416 e. The van der Waals surface area contributed by atoms with Crippen LogP contribution in [-0.2, 0) is 12.2 Å². The number of thioether (sulfide) groups is 1. The molecule has 1 aromatic heterocycles. The van der Waals surface area contributed by atoms with Crippen LogP contribution in [0.25, 0.3) is 0 Å². The second kappa shape index (κ2) is 6.96. The Kier molecular flexibility index (Phi) is 4.76. The van der Waals surface area contributed by atoms with Gasteiger partial charge < -0.3 is 4.42 Å². The highest BCUT2D eigenvalue weighted by Gasteiger charge is 2.08. The molecular weight excluding hydrogens is 311 g/mol. The van der Waals surface area contributed by atoms with E-state index >= 15 is 0 Å². The van der Waals surface area contributed by atoms with Gasteiger partial charge in [0.2, 0.25) is 5.89 Å². The summed E-state index contributed by atoms with van der Waals surface area (Å²) in [6.45, 7) is 4.19. The molecule has 3 rings (SSSR count). The van der Waals surface area contributed by atoms with E-state index in [9.17, 15) is 4.39 Å². The third-order valence-corrected chi connectivity index (χ3v) is 4.54. The zero-order chi connectivity index (χ0) is 16.2. The van der Waals surface area contributed by atoms with Crippen molar-refractivity contribution in [2.45, 2.75) is 31.2 Å². The maximum atomic E-state index is 12.9. The lowest BCUT2D eigenvalue weighted by Gasteiger charge is -2.02. The molecule has 0 N–H and O–H groups in total. The van der Waals surface area contributed by atoms with Gasteiger partial charge in [-0.2, -0.15) is 0 Å². The predicted octanol–water partition coefficient (Wildman–Crippen LogP) is 4.71. The van der Waals surface area contributed by atoms with Crippen molar-refractivity contribution in [2.24, 2.45) is 0 Å². The molecule has 2 aromatic carbocycles. The Morgan fingerprint density at radius 2 is 1.70 bits per heavy atom. The molecule has 3 aromatic rings. The first-order valence-corrected chi connectivity index (χ1v) is 8.34. The van der Waals surface area contributed by atoms with Crippen LogP contribution in [0.3, 0.4) is 0 Å². The highest BCUT2D eigenvalue weighted by atomic mass is 32.2. The summed E-state index contributed by atoms with van der Waals surface area (Å²) in [7, 11) is 0. The van der Waals surface area contributed by atoms with Crippen molar-refractivity contribution in [1.29, 1.82) is 0 Å². The smallest absolute Gasteiger partial charge is 0.276 e. The molecule has 0 saturated carbocycles. The summed E-state index contributed by atoms with van der Waals surface area (Å²) in [5, 5.41) is 8.68. The lowest BCUT2D eigenvalue weighted by Crippen LogP contribution is -1.90. The Morgan fingerprint density at radius 1 is 0.957 bits per heavy atom. The Bertz CT molecular complexity index is 799. The maximum absolute atomic E-state index is 12.9. The normalized spacial score (nSPS) is 10.9. The molecule has 0 aliphatic rings. The van der Waals surface area contributed by atoms with Gasteiger partial charge in [-0.05, 0) is 48.2 Å². The van der Waals surface area contributed by atoms with Crippen LogP contribution in [-0.4, -0.2) is 10.2 Å². The summed E-state index contributed by atoms with van der Waals surface area (Å²) in [4.78, 5) is 0. The highest BCUT2D eigenvalue weighted by molar-refractivity contribution is 7.98. The van der Waals surface area contributed by atoms with Crippen molar-refractivity contribution in [3.05, 3.63) is 76.4 Å². The molecule has 0 spiro atoms. The van der Waals surface area contributed by atoms with E-state index in [0.717, 1.165) is 11.1 Å². The van der Waals surface area contributed by atoms with E-state index in [1.54, 1.807) is 12.1 Å². The Hall–Kier alpha value is -2.14. The third-order valence-electron chi connectivity index (χ3n) is 3.65. The summed E-state index contributed by atoms with van der Waals surface area (Å²) < 4.78 is 18.5. The third kappa shape index (κ3) is 4.20. The molecule has 0 aliphatic carbocycles. The predicted molar refractivity (Wildman–Crippen MR) is 89.0 cm³/mol. The van der Waals surface area contributed by atoms with E-state index < -0.39 is 0 Å². The van der Waals surface area contributed by atoms with Gasteiger partial charge in [0.1, 0.15) is 5.82 Å². The van der Waals surface area contributed by atoms with Crippen molar-refractivity contribution >= 4 is 11.8 Å². The Balaban J connectivity index is 1.61. The number of nitrogens with zero attached hydrogens (tertiary/aromatic N) is 2. The summed E-state index contributed by atoms with van der Waals surface area (Å²) in [5.41, 5.74) is 4.71. The standard InChI is InChI=1S/C18H17FN2OS/c1-12-3-4-15(9-13(12)2)10-17-20-21-18(22-17)23-11-14-5-7-16(19)8-6-14/h3-9H,10-11H2,1-2H3. The van der Waals surface area contributed by atoms with Crippen molar-refractivity contribution in [2.75, 3.05) is 0 Å². The molecule has 0 aliphatic heterocycles. The first-order valence-electron chi connectivity index (χ1n) is 7.36. The monoisotopic (exact) mass is 328 g/mol. The Labute approximate surface area is 138 Å². The molecule has 0 fully saturated rings. The van der Waals surface area contributed by atoms with Gasteiger partial charge in [-0.15, -0.1) is 10.2 Å². The van der Waals surface area contributed by atoms with Crippen molar-refractivity contribution in [3.8, 4) is 0 Å². The zero-order valence-electron chi connectivity index (χ0n) is 13.0. The molecule has 0 unspecified atom stereocenters. The fraction of sp³-hybridized carbons (Fsp3) is 0.222. The van der Waals surface area contributed by atoms with Crippen LogP contribution in [0.2, 0.25) is 0 Å². The van der Waals surface area contributed by atoms with E-state index in [4.69, 9.17) is 4.42 Å². The summed E-state index contributed by atoms with van der Waals surface area (Å²) in [6.07, 6.45) is 0.630. The average molecular weight is 328 g/mol. The molecule has 0 amide bonds. The van der Waals surface area contributed by atoms with Crippen LogP contribution in [0.15, 0.2) is 52.1 Å². The van der Waals surface area contributed by atoms with Crippen LogP contribution in [0.4, 0.5) is 4.39 Å². The Morgan fingerprint density at radius 3 is 2.43 bits per heavy atom. The van der Waals surface area contributed by atoms with Gasteiger partial charge in [-0.25, -0.2) is 4.39 Å². The second-order valence-corrected chi connectivity index (χ2v) is 6.40. The molecule has 0 atom stereocenters. The number of benzene rings is 2. The van der Waals surface area contributed by atoms with Gasteiger partial charge in [-0.1, -0.05) is 42.1 Å². The molecule has 5 heteroatoms. The second-order valence-electron chi connectivity index (χ2n) is 5.47. The number of hydrogen-bond donors (Lipinski definition) is 0. The summed E-state index contributed by atoms with van der Waals surface area (Å²) in [6, 6.07) is 12.8. The number of halogens is 1. The zero-order valence-corrected chi connectivity index (χ0v) is 13.9. The van der Waals surface area contributed by atoms with Crippen molar-refractivity contribution in [3.63, 3.8) is 0 Å². The lowest BCUT2D eigenvalue weighted by molar-refractivity contribution is 0.420. The van der Waals surface area contributed by atoms with Gasteiger partial charge in [0.05, 0.1) is 6.42 Å². The van der Waals surface area contributed by atoms with Crippen LogP contribution in [0, 0.1) is 19.7 Å². The van der Waals surface area contributed by atoms with Crippen LogP contribution in [0.1, 0.15) is 28.1 Å². The van der Waals surface area contributed by atoms with E-state index in [0.29, 0.717) is 23.3 Å². The van der Waals surface area contributed by atoms with Crippen molar-refractivity contribution in [1.82, 2.24) is 10.2 Å². The quantitative estimate of drug-likeness (QED) is 0.636. The minimum atomic E-state index is -0.229. The highest BCUT2D eigenvalue weighted by Crippen LogP contribution is 2.22. The van der Waals surface area contributed by atoms with Crippen LogP contribution >= 0.6 is 11.8 Å². The maximum Gasteiger partial charge on any atom is 0.276 e. The van der Waals surface area contributed by atoms with E-state index in [2.05, 4.69) is 42.2 Å². The van der Waals surface area contributed by atoms with Gasteiger partial charge in [0.15, 0.2) is 0 Å². The lowest BCUT2D eigenvalue weighted by atomic mass is 10.0. The van der Waals surface area contributed by atoms with Gasteiger partial charge in [-0.3, -0.25) is 0 Å². The fourth-order valence-electron chi connectivity index (χ4n) is 2.18. The van der Waals surface area contributed by atoms with E-state index in [-0.39, 0.29) is 5.82 Å². The summed E-state index contributed by atoms with van der Waals surface area (Å²) >= 11 is 1.45. The fourth-order valence-corrected chi connectivity index (χ4v) is 2.92. The van der Waals surface area contributed by atoms with E-state index in [1.165, 1.54) is 35.0 Å². The van der Waals surface area contributed by atoms with Gasteiger partial charge in [0, 0.05) is 5.75 Å². The average Bonchev–Trinajstić information content (AvgIpc) is 2.98. The molecule has 118 valence electrons. The molecule has 0 radical (unpaired) electrons. The molecule has 3 nitrogen and oxygen atoms in total. The molecular formula is C18H17FN2OS. The molecule has 1 heterocycles. The van der Waals surface area contributed by atoms with Crippen molar-refractivity contribution < 1.29 is 8.81 Å². The van der Waals surface area contributed by atoms with Gasteiger partial charge in [0.25, 0.3) is 5.22 Å². The summed E-state index contributed by atoms with van der Waals surface area (Å²) in [5.74, 6) is 1.05.